The van der Waals surface area contributed by atoms with Gasteiger partial charge < -0.3 is 14.5 Å². The molecule has 2 amide bonds. The highest BCUT2D eigenvalue weighted by Crippen LogP contribution is 2.38. The minimum absolute atomic E-state index is 0.0144. The fraction of sp³-hybridized carbons (Fsp3) is 0.478. The monoisotopic (exact) mass is 442 g/mol. The van der Waals surface area contributed by atoms with Gasteiger partial charge in [-0.05, 0) is 42.5 Å². The van der Waals surface area contributed by atoms with Gasteiger partial charge in [0.05, 0.1) is 6.20 Å². The number of aromatic nitrogens is 2. The number of carbonyl (C=O) groups excluding carboxylic acids is 2. The van der Waals surface area contributed by atoms with E-state index in [-0.39, 0.29) is 18.4 Å². The average Bonchev–Trinajstić information content (AvgIpc) is 2.84. The van der Waals surface area contributed by atoms with Crippen molar-refractivity contribution in [2.75, 3.05) is 32.8 Å². The first-order valence-corrected chi connectivity index (χ1v) is 11.2. The van der Waals surface area contributed by atoms with Crippen molar-refractivity contribution in [3.05, 3.63) is 53.1 Å². The van der Waals surface area contributed by atoms with Crippen molar-refractivity contribution in [1.82, 2.24) is 19.8 Å². The second-order valence-electron chi connectivity index (χ2n) is 8.07. The first-order chi connectivity index (χ1) is 15.1. The number of nitrogens with zero attached hydrogens (tertiary/aromatic N) is 4. The molecule has 4 rings (SSSR count). The van der Waals surface area contributed by atoms with Crippen molar-refractivity contribution in [3.8, 4) is 5.75 Å². The van der Waals surface area contributed by atoms with Crippen LogP contribution in [-0.4, -0.2) is 64.4 Å². The third kappa shape index (κ3) is 5.34. The molecule has 1 aliphatic carbocycles. The van der Waals surface area contributed by atoms with Gasteiger partial charge in [-0.2, -0.15) is 0 Å². The van der Waals surface area contributed by atoms with Crippen LogP contribution in [0.1, 0.15) is 54.1 Å². The van der Waals surface area contributed by atoms with Crippen LogP contribution >= 0.6 is 11.6 Å². The third-order valence-electron chi connectivity index (χ3n) is 6.07. The Kier molecular flexibility index (Phi) is 7.02. The van der Waals surface area contributed by atoms with Crippen LogP contribution in [0, 0.1) is 0 Å². The highest BCUT2D eigenvalue weighted by molar-refractivity contribution is 6.30. The number of halogens is 1. The predicted octanol–water partition coefficient (Wildman–Crippen LogP) is 3.54. The largest absolute Gasteiger partial charge is 0.483 e. The topological polar surface area (TPSA) is 75.6 Å². The van der Waals surface area contributed by atoms with Gasteiger partial charge in [0, 0.05) is 43.6 Å². The fourth-order valence-corrected chi connectivity index (χ4v) is 4.53. The van der Waals surface area contributed by atoms with E-state index in [0.29, 0.717) is 42.8 Å². The van der Waals surface area contributed by atoms with Gasteiger partial charge >= 0.3 is 0 Å². The summed E-state index contributed by atoms with van der Waals surface area (Å²) in [6.45, 7) is 1.87. The van der Waals surface area contributed by atoms with E-state index in [9.17, 15) is 9.59 Å². The van der Waals surface area contributed by atoms with Gasteiger partial charge in [0.1, 0.15) is 11.4 Å². The van der Waals surface area contributed by atoms with Crippen molar-refractivity contribution in [2.24, 2.45) is 0 Å². The summed E-state index contributed by atoms with van der Waals surface area (Å²) in [4.78, 5) is 36.7. The van der Waals surface area contributed by atoms with Gasteiger partial charge in [0.15, 0.2) is 6.61 Å². The SMILES string of the molecule is O=C(COc1ccc(Cl)cc1C1CCCCC1)N1CCN(C(=O)c2cnccn2)CC1. The summed E-state index contributed by atoms with van der Waals surface area (Å²) in [7, 11) is 0. The number of hydrogen-bond acceptors (Lipinski definition) is 5. The Morgan fingerprint density at radius 2 is 1.77 bits per heavy atom. The van der Waals surface area contributed by atoms with Crippen LogP contribution in [0.15, 0.2) is 36.8 Å². The molecule has 0 unspecified atom stereocenters. The predicted molar refractivity (Wildman–Crippen MR) is 117 cm³/mol. The molecular weight excluding hydrogens is 416 g/mol. The normalized spacial score (nSPS) is 17.5. The lowest BCUT2D eigenvalue weighted by atomic mass is 9.84. The van der Waals surface area contributed by atoms with Crippen LogP contribution in [0.2, 0.25) is 5.02 Å². The minimum atomic E-state index is -0.158. The summed E-state index contributed by atoms with van der Waals surface area (Å²) in [6.07, 6.45) is 10.5. The van der Waals surface area contributed by atoms with Crippen LogP contribution in [0.5, 0.6) is 5.75 Å². The highest BCUT2D eigenvalue weighted by atomic mass is 35.5. The van der Waals surface area contributed by atoms with Crippen molar-refractivity contribution in [3.63, 3.8) is 0 Å². The Morgan fingerprint density at radius 3 is 2.48 bits per heavy atom. The first kappa shape index (κ1) is 21.6. The average molecular weight is 443 g/mol. The van der Waals surface area contributed by atoms with Crippen LogP contribution in [-0.2, 0) is 4.79 Å². The molecule has 0 atom stereocenters. The fourth-order valence-electron chi connectivity index (χ4n) is 4.34. The maximum atomic E-state index is 12.7. The number of amides is 2. The number of carbonyl (C=O) groups is 2. The number of rotatable bonds is 5. The molecule has 1 saturated carbocycles. The summed E-state index contributed by atoms with van der Waals surface area (Å²) in [5, 5.41) is 0.697. The van der Waals surface area contributed by atoms with Crippen LogP contribution in [0.4, 0.5) is 0 Å². The molecule has 0 N–H and O–H groups in total. The van der Waals surface area contributed by atoms with Gasteiger partial charge in [-0.1, -0.05) is 30.9 Å². The van der Waals surface area contributed by atoms with Crippen LogP contribution in [0.3, 0.4) is 0 Å². The molecule has 1 aromatic carbocycles. The van der Waals surface area contributed by atoms with E-state index < -0.39 is 0 Å². The van der Waals surface area contributed by atoms with E-state index in [1.165, 1.54) is 37.9 Å². The van der Waals surface area contributed by atoms with Gasteiger partial charge in [0.2, 0.25) is 0 Å². The molecule has 0 radical (unpaired) electrons. The molecule has 2 aromatic rings. The molecule has 2 aliphatic rings. The van der Waals surface area contributed by atoms with Gasteiger partial charge in [-0.3, -0.25) is 14.6 Å². The van der Waals surface area contributed by atoms with Crippen LogP contribution < -0.4 is 4.74 Å². The third-order valence-corrected chi connectivity index (χ3v) is 6.30. The molecule has 1 aliphatic heterocycles. The molecule has 2 fully saturated rings. The number of hydrogen-bond donors (Lipinski definition) is 0. The number of piperazine rings is 1. The lowest BCUT2D eigenvalue weighted by Crippen LogP contribution is -2.51. The van der Waals surface area contributed by atoms with Gasteiger partial charge in [0.25, 0.3) is 11.8 Å². The Morgan fingerprint density at radius 1 is 1.03 bits per heavy atom. The molecule has 1 aromatic heterocycles. The number of benzene rings is 1. The Balaban J connectivity index is 1.31. The van der Waals surface area contributed by atoms with E-state index in [2.05, 4.69) is 9.97 Å². The molecule has 31 heavy (non-hydrogen) atoms. The molecule has 0 spiro atoms. The van der Waals surface area contributed by atoms with Gasteiger partial charge in [-0.15, -0.1) is 0 Å². The van der Waals surface area contributed by atoms with Crippen molar-refractivity contribution in [2.45, 2.75) is 38.0 Å². The summed E-state index contributed by atoms with van der Waals surface area (Å²) in [5.74, 6) is 0.959. The van der Waals surface area contributed by atoms with Crippen molar-refractivity contribution >= 4 is 23.4 Å². The zero-order valence-electron chi connectivity index (χ0n) is 17.5. The Bertz CT molecular complexity index is 910. The smallest absolute Gasteiger partial charge is 0.274 e. The van der Waals surface area contributed by atoms with E-state index in [1.807, 2.05) is 18.2 Å². The minimum Gasteiger partial charge on any atom is -0.483 e. The Hall–Kier alpha value is -2.67. The van der Waals surface area contributed by atoms with E-state index in [4.69, 9.17) is 16.3 Å². The molecule has 7 nitrogen and oxygen atoms in total. The lowest BCUT2D eigenvalue weighted by Gasteiger charge is -2.34. The second kappa shape index (κ2) is 10.1. The van der Waals surface area contributed by atoms with Crippen LogP contribution in [0.25, 0.3) is 0 Å². The van der Waals surface area contributed by atoms with E-state index in [1.54, 1.807) is 9.80 Å². The maximum absolute atomic E-state index is 12.7. The quantitative estimate of drug-likeness (QED) is 0.707. The molecule has 2 heterocycles. The van der Waals surface area contributed by atoms with Gasteiger partial charge in [-0.25, -0.2) is 4.98 Å². The summed E-state index contributed by atoms with van der Waals surface area (Å²) in [6, 6.07) is 5.66. The second-order valence-corrected chi connectivity index (χ2v) is 8.51. The molecular formula is C23H27ClN4O3. The van der Waals surface area contributed by atoms with E-state index in [0.717, 1.165) is 24.2 Å². The zero-order valence-corrected chi connectivity index (χ0v) is 18.3. The molecule has 0 bridgehead atoms. The lowest BCUT2D eigenvalue weighted by molar-refractivity contribution is -0.134. The molecule has 164 valence electrons. The Labute approximate surface area is 187 Å². The number of ether oxygens (including phenoxy) is 1. The summed E-state index contributed by atoms with van der Waals surface area (Å²) in [5.41, 5.74) is 1.43. The molecule has 1 saturated heterocycles. The zero-order chi connectivity index (χ0) is 21.6. The maximum Gasteiger partial charge on any atom is 0.274 e. The standard InChI is InChI=1S/C23H27ClN4O3/c24-18-6-7-21(19(14-18)17-4-2-1-3-5-17)31-16-22(29)27-10-12-28(13-11-27)23(30)20-15-25-8-9-26-20/h6-9,14-15,17H,1-5,10-13,16H2. The summed E-state index contributed by atoms with van der Waals surface area (Å²) < 4.78 is 5.96. The highest BCUT2D eigenvalue weighted by Gasteiger charge is 2.26. The molecule has 8 heteroatoms. The van der Waals surface area contributed by atoms with E-state index >= 15 is 0 Å². The van der Waals surface area contributed by atoms with Crippen molar-refractivity contribution < 1.29 is 14.3 Å². The summed E-state index contributed by atoms with van der Waals surface area (Å²) >= 11 is 6.23. The first-order valence-electron chi connectivity index (χ1n) is 10.9. The van der Waals surface area contributed by atoms with Crippen molar-refractivity contribution in [1.29, 1.82) is 0 Å².